The summed E-state index contributed by atoms with van der Waals surface area (Å²) in [5, 5.41) is 8.19. The molecule has 134 valence electrons. The van der Waals surface area contributed by atoms with Crippen LogP contribution < -0.4 is 5.32 Å². The molecule has 5 aromatic rings. The summed E-state index contributed by atoms with van der Waals surface area (Å²) in [6.07, 6.45) is 3.59. The van der Waals surface area contributed by atoms with Crippen LogP contribution in [0.2, 0.25) is 0 Å². The van der Waals surface area contributed by atoms with E-state index in [1.54, 1.807) is 12.4 Å². The molecule has 0 unspecified atom stereocenters. The zero-order chi connectivity index (χ0) is 18.9. The van der Waals surface area contributed by atoms with Gasteiger partial charge in [0.1, 0.15) is 0 Å². The smallest absolute Gasteiger partial charge is 0.0710 e. The SMILES string of the molecule is CNc1ccc2c(ccc3cc(-c4cccc(-c5ccncc5)n4)ccc32)c1. The minimum Gasteiger partial charge on any atom is -0.388 e. The van der Waals surface area contributed by atoms with Crippen molar-refractivity contribution in [1.82, 2.24) is 9.97 Å². The first-order chi connectivity index (χ1) is 13.8. The Morgan fingerprint density at radius 1 is 0.643 bits per heavy atom. The third-order valence-corrected chi connectivity index (χ3v) is 5.15. The van der Waals surface area contributed by atoms with Gasteiger partial charge in [-0.25, -0.2) is 4.98 Å². The summed E-state index contributed by atoms with van der Waals surface area (Å²) in [7, 11) is 1.95. The van der Waals surface area contributed by atoms with Crippen LogP contribution in [0.25, 0.3) is 44.1 Å². The van der Waals surface area contributed by atoms with Gasteiger partial charge in [0.15, 0.2) is 0 Å². The molecule has 3 aromatic carbocycles. The molecule has 0 aliphatic heterocycles. The number of anilines is 1. The first-order valence-corrected chi connectivity index (χ1v) is 9.34. The summed E-state index contributed by atoms with van der Waals surface area (Å²) in [5.74, 6) is 0. The molecular formula is C25H19N3. The Morgan fingerprint density at radius 2 is 1.32 bits per heavy atom. The molecule has 0 saturated carbocycles. The Labute approximate surface area is 163 Å². The number of pyridine rings is 2. The van der Waals surface area contributed by atoms with Crippen molar-refractivity contribution in [2.45, 2.75) is 0 Å². The van der Waals surface area contributed by atoms with Gasteiger partial charge in [0.25, 0.3) is 0 Å². The highest BCUT2D eigenvalue weighted by atomic mass is 14.8. The first-order valence-electron chi connectivity index (χ1n) is 9.34. The molecule has 0 radical (unpaired) electrons. The molecule has 0 bridgehead atoms. The standard InChI is InChI=1S/C25H19N3/c1-26-21-8-10-23-19(16-21)6-5-18-15-20(7-9-22(18)23)25-4-2-3-24(28-25)17-11-13-27-14-12-17/h2-16,26H,1H3. The van der Waals surface area contributed by atoms with E-state index in [-0.39, 0.29) is 0 Å². The molecule has 28 heavy (non-hydrogen) atoms. The molecule has 0 spiro atoms. The zero-order valence-corrected chi connectivity index (χ0v) is 15.6. The number of rotatable bonds is 3. The van der Waals surface area contributed by atoms with Gasteiger partial charge in [-0.2, -0.15) is 0 Å². The Kier molecular flexibility index (Phi) is 3.99. The number of hydrogen-bond donors (Lipinski definition) is 1. The molecular weight excluding hydrogens is 342 g/mol. The highest BCUT2D eigenvalue weighted by Crippen LogP contribution is 2.31. The largest absolute Gasteiger partial charge is 0.388 e. The number of nitrogens with one attached hydrogen (secondary N) is 1. The van der Waals surface area contributed by atoms with E-state index in [1.165, 1.54) is 21.5 Å². The van der Waals surface area contributed by atoms with E-state index in [2.05, 4.69) is 71.0 Å². The Morgan fingerprint density at radius 3 is 2.07 bits per heavy atom. The van der Waals surface area contributed by atoms with Gasteiger partial charge < -0.3 is 5.32 Å². The predicted molar refractivity (Wildman–Crippen MR) is 117 cm³/mol. The molecule has 5 rings (SSSR count). The maximum atomic E-state index is 4.87. The van der Waals surface area contributed by atoms with E-state index < -0.39 is 0 Å². The quantitative estimate of drug-likeness (QED) is 0.391. The van der Waals surface area contributed by atoms with Gasteiger partial charge >= 0.3 is 0 Å². The van der Waals surface area contributed by atoms with E-state index in [0.29, 0.717) is 0 Å². The second-order valence-electron chi connectivity index (χ2n) is 6.83. The van der Waals surface area contributed by atoms with Crippen LogP contribution in [-0.2, 0) is 0 Å². The summed E-state index contributed by atoms with van der Waals surface area (Å²) >= 11 is 0. The van der Waals surface area contributed by atoms with Crippen molar-refractivity contribution >= 4 is 27.2 Å². The van der Waals surface area contributed by atoms with E-state index in [4.69, 9.17) is 4.98 Å². The molecule has 0 fully saturated rings. The van der Waals surface area contributed by atoms with Gasteiger partial charge in [-0.3, -0.25) is 4.98 Å². The molecule has 3 nitrogen and oxygen atoms in total. The fourth-order valence-corrected chi connectivity index (χ4v) is 3.67. The molecule has 0 saturated heterocycles. The normalized spacial score (nSPS) is 11.0. The molecule has 3 heteroatoms. The Hall–Kier alpha value is -3.72. The number of hydrogen-bond acceptors (Lipinski definition) is 3. The molecule has 2 aromatic heterocycles. The molecule has 0 atom stereocenters. The van der Waals surface area contributed by atoms with Crippen molar-refractivity contribution in [3.05, 3.63) is 91.3 Å². The van der Waals surface area contributed by atoms with Crippen LogP contribution in [0.4, 0.5) is 5.69 Å². The van der Waals surface area contributed by atoms with Crippen LogP contribution in [0.3, 0.4) is 0 Å². The summed E-state index contributed by atoms with van der Waals surface area (Å²) in [5.41, 5.74) is 5.25. The average molecular weight is 361 g/mol. The summed E-state index contributed by atoms with van der Waals surface area (Å²) < 4.78 is 0. The van der Waals surface area contributed by atoms with E-state index in [9.17, 15) is 0 Å². The maximum Gasteiger partial charge on any atom is 0.0710 e. The number of fused-ring (bicyclic) bond motifs is 3. The van der Waals surface area contributed by atoms with Crippen LogP contribution in [0.15, 0.2) is 91.3 Å². The van der Waals surface area contributed by atoms with Crippen LogP contribution >= 0.6 is 0 Å². The number of nitrogens with zero attached hydrogens (tertiary/aromatic N) is 2. The van der Waals surface area contributed by atoms with Crippen LogP contribution in [-0.4, -0.2) is 17.0 Å². The van der Waals surface area contributed by atoms with E-state index in [1.807, 2.05) is 25.2 Å². The topological polar surface area (TPSA) is 37.8 Å². The van der Waals surface area contributed by atoms with Crippen molar-refractivity contribution < 1.29 is 0 Å². The summed E-state index contributed by atoms with van der Waals surface area (Å²) in [6.45, 7) is 0. The van der Waals surface area contributed by atoms with Crippen LogP contribution in [0.1, 0.15) is 0 Å². The van der Waals surface area contributed by atoms with Crippen molar-refractivity contribution in [3.8, 4) is 22.5 Å². The molecule has 2 heterocycles. The van der Waals surface area contributed by atoms with Gasteiger partial charge in [0.2, 0.25) is 0 Å². The minimum atomic E-state index is 0.957. The van der Waals surface area contributed by atoms with Gasteiger partial charge in [-0.05, 0) is 64.0 Å². The zero-order valence-electron chi connectivity index (χ0n) is 15.6. The van der Waals surface area contributed by atoms with E-state index >= 15 is 0 Å². The van der Waals surface area contributed by atoms with Gasteiger partial charge in [0, 0.05) is 36.3 Å². The van der Waals surface area contributed by atoms with Crippen molar-refractivity contribution in [2.75, 3.05) is 12.4 Å². The maximum absolute atomic E-state index is 4.87. The predicted octanol–water partition coefficient (Wildman–Crippen LogP) is 6.16. The third kappa shape index (κ3) is 2.87. The highest BCUT2D eigenvalue weighted by molar-refractivity contribution is 6.09. The highest BCUT2D eigenvalue weighted by Gasteiger charge is 2.07. The van der Waals surface area contributed by atoms with Crippen molar-refractivity contribution in [1.29, 1.82) is 0 Å². The monoisotopic (exact) mass is 361 g/mol. The summed E-state index contributed by atoms with van der Waals surface area (Å²) in [6, 6.07) is 27.6. The fraction of sp³-hybridized carbons (Fsp3) is 0.0400. The Balaban J connectivity index is 1.61. The second kappa shape index (κ2) is 6.78. The first kappa shape index (κ1) is 16.5. The lowest BCUT2D eigenvalue weighted by molar-refractivity contribution is 1.29. The second-order valence-corrected chi connectivity index (χ2v) is 6.83. The van der Waals surface area contributed by atoms with Gasteiger partial charge in [0.05, 0.1) is 11.4 Å². The van der Waals surface area contributed by atoms with Crippen molar-refractivity contribution in [2.24, 2.45) is 0 Å². The Bertz CT molecular complexity index is 1290. The molecule has 0 aliphatic carbocycles. The lowest BCUT2D eigenvalue weighted by atomic mass is 9.98. The van der Waals surface area contributed by atoms with Gasteiger partial charge in [-0.15, -0.1) is 0 Å². The molecule has 0 aliphatic rings. The van der Waals surface area contributed by atoms with Crippen LogP contribution in [0, 0.1) is 0 Å². The third-order valence-electron chi connectivity index (χ3n) is 5.15. The average Bonchev–Trinajstić information content (AvgIpc) is 2.79. The lowest BCUT2D eigenvalue weighted by Crippen LogP contribution is -1.89. The summed E-state index contributed by atoms with van der Waals surface area (Å²) in [4.78, 5) is 8.96. The number of aromatic nitrogens is 2. The van der Waals surface area contributed by atoms with Crippen molar-refractivity contribution in [3.63, 3.8) is 0 Å². The minimum absolute atomic E-state index is 0.957. The van der Waals surface area contributed by atoms with E-state index in [0.717, 1.165) is 28.2 Å². The molecule has 1 N–H and O–H groups in total. The van der Waals surface area contributed by atoms with Crippen LogP contribution in [0.5, 0.6) is 0 Å². The fourth-order valence-electron chi connectivity index (χ4n) is 3.67. The molecule has 0 amide bonds. The lowest BCUT2D eigenvalue weighted by Gasteiger charge is -2.09. The number of benzene rings is 3. The van der Waals surface area contributed by atoms with Gasteiger partial charge in [-0.1, -0.05) is 36.4 Å².